The average Bonchev–Trinajstić information content (AvgIpc) is 3.31. The van der Waals surface area contributed by atoms with Gasteiger partial charge in [0.15, 0.2) is 6.04 Å². The lowest BCUT2D eigenvalue weighted by molar-refractivity contribution is -0.949. The van der Waals surface area contributed by atoms with Crippen molar-refractivity contribution in [1.82, 2.24) is 14.8 Å². The molecule has 0 saturated carbocycles. The van der Waals surface area contributed by atoms with Crippen LogP contribution >= 0.6 is 11.3 Å². The monoisotopic (exact) mass is 329 g/mol. The lowest BCUT2D eigenvalue weighted by Crippen LogP contribution is -3.10. The van der Waals surface area contributed by atoms with Gasteiger partial charge in [0, 0.05) is 26.1 Å². The second-order valence-electron chi connectivity index (χ2n) is 6.21. The number of aryl methyl sites for hydroxylation is 1. The van der Waals surface area contributed by atoms with E-state index in [0.29, 0.717) is 11.9 Å². The van der Waals surface area contributed by atoms with E-state index in [2.05, 4.69) is 47.1 Å². The van der Waals surface area contributed by atoms with Gasteiger partial charge in [0.1, 0.15) is 6.04 Å². The first-order valence-corrected chi connectivity index (χ1v) is 8.96. The van der Waals surface area contributed by atoms with Gasteiger partial charge in [0.25, 0.3) is 11.8 Å². The van der Waals surface area contributed by atoms with Crippen molar-refractivity contribution in [3.63, 3.8) is 0 Å². The molecule has 3 aromatic rings. The van der Waals surface area contributed by atoms with Crippen LogP contribution in [0.5, 0.6) is 0 Å². The van der Waals surface area contributed by atoms with E-state index >= 15 is 0 Å². The molecule has 6 heteroatoms. The normalized spacial score (nSPS) is 22.5. The summed E-state index contributed by atoms with van der Waals surface area (Å²) < 4.78 is 8.19. The van der Waals surface area contributed by atoms with Crippen molar-refractivity contribution in [2.45, 2.75) is 31.8 Å². The van der Waals surface area contributed by atoms with Crippen molar-refractivity contribution in [2.24, 2.45) is 7.05 Å². The van der Waals surface area contributed by atoms with E-state index in [1.54, 1.807) is 11.3 Å². The first kappa shape index (κ1) is 14.7. The first-order chi connectivity index (χ1) is 11.2. The lowest BCUT2D eigenvalue weighted by Gasteiger charge is -2.25. The molecule has 3 aromatic heterocycles. The molecule has 23 heavy (non-hydrogen) atoms. The molecule has 4 heterocycles. The first-order valence-electron chi connectivity index (χ1n) is 8.08. The third-order valence-electron chi connectivity index (χ3n) is 4.85. The number of quaternary nitrogens is 1. The molecule has 1 saturated heterocycles. The molecule has 0 radical (unpaired) electrons. The maximum absolute atomic E-state index is 5.96. The zero-order chi connectivity index (χ0) is 15.8. The Morgan fingerprint density at radius 1 is 1.35 bits per heavy atom. The molecular formula is C17H21N4OS+. The van der Waals surface area contributed by atoms with Crippen LogP contribution in [0.4, 0.5) is 0 Å². The van der Waals surface area contributed by atoms with E-state index in [1.807, 2.05) is 17.5 Å². The summed E-state index contributed by atoms with van der Waals surface area (Å²) in [5, 5.41) is 10.6. The number of hydrogen-bond donors (Lipinski definition) is 1. The van der Waals surface area contributed by atoms with Gasteiger partial charge in [0.05, 0.1) is 17.1 Å². The molecule has 0 amide bonds. The highest BCUT2D eigenvalue weighted by molar-refractivity contribution is 7.13. The number of likely N-dealkylation sites (tertiary alicyclic amines) is 1. The van der Waals surface area contributed by atoms with Crippen LogP contribution in [0.2, 0.25) is 0 Å². The fourth-order valence-electron chi connectivity index (χ4n) is 3.63. The van der Waals surface area contributed by atoms with Crippen LogP contribution in [-0.4, -0.2) is 21.3 Å². The van der Waals surface area contributed by atoms with Crippen LogP contribution in [-0.2, 0) is 7.05 Å². The Kier molecular flexibility index (Phi) is 3.79. The van der Waals surface area contributed by atoms with Crippen LogP contribution in [0.1, 0.15) is 43.4 Å². The molecule has 3 atom stereocenters. The van der Waals surface area contributed by atoms with Crippen LogP contribution < -0.4 is 4.90 Å². The lowest BCUT2D eigenvalue weighted by atomic mass is 10.1. The Morgan fingerprint density at radius 2 is 2.26 bits per heavy atom. The van der Waals surface area contributed by atoms with E-state index in [9.17, 15) is 0 Å². The number of nitrogens with zero attached hydrogens (tertiary/aromatic N) is 3. The molecule has 0 aliphatic carbocycles. The highest BCUT2D eigenvalue weighted by atomic mass is 32.1. The fourth-order valence-corrected chi connectivity index (χ4v) is 4.27. The minimum Gasteiger partial charge on any atom is -0.414 e. The number of thiophene rings is 1. The van der Waals surface area contributed by atoms with Gasteiger partial charge in [-0.15, -0.1) is 21.5 Å². The van der Waals surface area contributed by atoms with Gasteiger partial charge < -0.3 is 13.9 Å². The van der Waals surface area contributed by atoms with Gasteiger partial charge >= 0.3 is 0 Å². The number of rotatable bonds is 4. The zero-order valence-electron chi connectivity index (χ0n) is 13.4. The largest absolute Gasteiger partial charge is 0.414 e. The van der Waals surface area contributed by atoms with Crippen LogP contribution in [0.3, 0.4) is 0 Å². The third kappa shape index (κ3) is 2.62. The van der Waals surface area contributed by atoms with Gasteiger partial charge in [-0.3, -0.25) is 0 Å². The molecule has 1 aliphatic heterocycles. The van der Waals surface area contributed by atoms with Gasteiger partial charge in [-0.05, 0) is 30.5 Å². The summed E-state index contributed by atoms with van der Waals surface area (Å²) >= 11 is 1.63. The van der Waals surface area contributed by atoms with E-state index in [4.69, 9.17) is 4.42 Å². The molecule has 120 valence electrons. The number of hydrogen-bond acceptors (Lipinski definition) is 4. The van der Waals surface area contributed by atoms with E-state index in [1.165, 1.54) is 23.4 Å². The smallest absolute Gasteiger partial charge is 0.274 e. The maximum atomic E-state index is 5.96. The van der Waals surface area contributed by atoms with Crippen molar-refractivity contribution in [3.8, 4) is 10.8 Å². The quantitative estimate of drug-likeness (QED) is 0.800. The molecular weight excluding hydrogens is 308 g/mol. The minimum atomic E-state index is 0.207. The summed E-state index contributed by atoms with van der Waals surface area (Å²) in [5.41, 5.74) is 1.39. The molecule has 5 nitrogen and oxygen atoms in total. The summed E-state index contributed by atoms with van der Waals surface area (Å²) in [5.74, 6) is 1.38. The second-order valence-corrected chi connectivity index (χ2v) is 7.16. The van der Waals surface area contributed by atoms with Gasteiger partial charge in [-0.25, -0.2) is 0 Å². The molecule has 1 aliphatic rings. The maximum Gasteiger partial charge on any atom is 0.274 e. The molecule has 1 N–H and O–H groups in total. The predicted octanol–water partition coefficient (Wildman–Crippen LogP) is 2.62. The fraction of sp³-hybridized carbons (Fsp3) is 0.412. The average molecular weight is 329 g/mol. The summed E-state index contributed by atoms with van der Waals surface area (Å²) in [6, 6.07) is 9.08. The van der Waals surface area contributed by atoms with E-state index in [0.717, 1.165) is 17.3 Å². The van der Waals surface area contributed by atoms with Crippen molar-refractivity contribution in [2.75, 3.05) is 6.54 Å². The molecule has 0 bridgehead atoms. The number of nitrogens with one attached hydrogen (secondary N) is 1. The molecule has 0 aromatic carbocycles. The number of aromatic nitrogens is 3. The molecule has 1 unspecified atom stereocenters. The van der Waals surface area contributed by atoms with Gasteiger partial charge in [-0.2, -0.15) is 0 Å². The van der Waals surface area contributed by atoms with Crippen molar-refractivity contribution >= 4 is 11.3 Å². The van der Waals surface area contributed by atoms with Gasteiger partial charge in [0.2, 0.25) is 0 Å². The highest BCUT2D eigenvalue weighted by Gasteiger charge is 2.38. The highest BCUT2D eigenvalue weighted by Crippen LogP contribution is 2.26. The Bertz CT molecular complexity index is 776. The Labute approximate surface area is 139 Å². The SMILES string of the molecule is C[C@H](c1nnc(-c2cccs2)o1)[NH+]1CCC[C@@H]1c1cccn1C. The Morgan fingerprint density at radius 3 is 3.00 bits per heavy atom. The topological polar surface area (TPSA) is 48.3 Å². The van der Waals surface area contributed by atoms with Crippen molar-refractivity contribution in [3.05, 3.63) is 47.4 Å². The van der Waals surface area contributed by atoms with Gasteiger partial charge in [-0.1, -0.05) is 6.07 Å². The Hall–Kier alpha value is -1.92. The zero-order valence-corrected chi connectivity index (χ0v) is 14.2. The Balaban J connectivity index is 1.58. The van der Waals surface area contributed by atoms with Crippen LogP contribution in [0, 0.1) is 0 Å². The molecule has 4 rings (SSSR count). The van der Waals surface area contributed by atoms with E-state index < -0.39 is 0 Å². The summed E-state index contributed by atoms with van der Waals surface area (Å²) in [6.45, 7) is 3.34. The summed E-state index contributed by atoms with van der Waals surface area (Å²) in [6.07, 6.45) is 4.57. The van der Waals surface area contributed by atoms with Crippen LogP contribution in [0.15, 0.2) is 40.3 Å². The molecule has 1 fully saturated rings. The third-order valence-corrected chi connectivity index (χ3v) is 5.70. The van der Waals surface area contributed by atoms with Crippen LogP contribution in [0.25, 0.3) is 10.8 Å². The standard InChI is InChI=1S/C17H20N4OS/c1-12(16-18-19-17(22-16)15-8-5-11-23-15)21-10-4-7-14(21)13-6-3-9-20(13)2/h3,5-6,8-9,11-12,14H,4,7,10H2,1-2H3/p+1/t12-,14-/m1/s1. The predicted molar refractivity (Wildman–Crippen MR) is 89.2 cm³/mol. The van der Waals surface area contributed by atoms with Crippen molar-refractivity contribution in [1.29, 1.82) is 0 Å². The second kappa shape index (κ2) is 5.94. The molecule has 0 spiro atoms. The summed E-state index contributed by atoms with van der Waals surface area (Å²) in [7, 11) is 2.12. The minimum absolute atomic E-state index is 0.207. The van der Waals surface area contributed by atoms with E-state index in [-0.39, 0.29) is 6.04 Å². The van der Waals surface area contributed by atoms with Crippen molar-refractivity contribution < 1.29 is 9.32 Å². The summed E-state index contributed by atoms with van der Waals surface area (Å²) in [4.78, 5) is 2.56.